The van der Waals surface area contributed by atoms with E-state index in [2.05, 4.69) is 29.8 Å². The highest BCUT2D eigenvalue weighted by Gasteiger charge is 2.17. The van der Waals surface area contributed by atoms with Crippen LogP contribution in [0, 0.1) is 5.92 Å². The minimum Gasteiger partial charge on any atom is -0.390 e. The Labute approximate surface area is 112 Å². The Morgan fingerprint density at radius 2 is 1.71 bits per heavy atom. The van der Waals surface area contributed by atoms with Crippen LogP contribution >= 0.6 is 15.9 Å². The summed E-state index contributed by atoms with van der Waals surface area (Å²) < 4.78 is 0. The Morgan fingerprint density at radius 3 is 2.18 bits per heavy atom. The van der Waals surface area contributed by atoms with Gasteiger partial charge in [-0.15, -0.1) is 0 Å². The van der Waals surface area contributed by atoms with Crippen LogP contribution in [0.4, 0.5) is 0 Å². The molecule has 3 heteroatoms. The molecular formula is C14H21BrO2. The molecule has 0 bridgehead atoms. The second-order valence-electron chi connectivity index (χ2n) is 4.83. The van der Waals surface area contributed by atoms with E-state index in [1.807, 2.05) is 24.3 Å². The molecule has 0 aromatic heterocycles. The highest BCUT2D eigenvalue weighted by atomic mass is 79.9. The highest BCUT2D eigenvalue weighted by molar-refractivity contribution is 9.09. The summed E-state index contributed by atoms with van der Waals surface area (Å²) in [5, 5.41) is 20.3. The Bertz CT molecular complexity index is 321. The minimum atomic E-state index is -0.791. The zero-order valence-corrected chi connectivity index (χ0v) is 12.0. The quantitative estimate of drug-likeness (QED) is 0.793. The summed E-state index contributed by atoms with van der Waals surface area (Å²) in [6.45, 7) is 4.37. The molecule has 1 aromatic rings. The first-order valence-corrected chi connectivity index (χ1v) is 7.17. The van der Waals surface area contributed by atoms with Crippen LogP contribution in [0.1, 0.15) is 37.5 Å². The van der Waals surface area contributed by atoms with Gasteiger partial charge in [0.25, 0.3) is 0 Å². The topological polar surface area (TPSA) is 40.5 Å². The van der Waals surface area contributed by atoms with E-state index in [0.717, 1.165) is 12.0 Å². The number of aliphatic hydroxyl groups is 2. The molecule has 1 rings (SSSR count). The van der Waals surface area contributed by atoms with Crippen LogP contribution in [0.3, 0.4) is 0 Å². The lowest BCUT2D eigenvalue weighted by atomic mass is 9.98. The SMILES string of the molecule is CC(C)Cc1ccc(C(O)C(O)CCBr)cc1. The summed E-state index contributed by atoms with van der Waals surface area (Å²) in [6.07, 6.45) is 0.0980. The van der Waals surface area contributed by atoms with Crippen molar-refractivity contribution in [2.24, 2.45) is 5.92 Å². The van der Waals surface area contributed by atoms with Crippen LogP contribution in [0.15, 0.2) is 24.3 Å². The van der Waals surface area contributed by atoms with Crippen molar-refractivity contribution in [2.45, 2.75) is 38.9 Å². The van der Waals surface area contributed by atoms with Crippen molar-refractivity contribution in [3.8, 4) is 0 Å². The third-order valence-electron chi connectivity index (χ3n) is 2.73. The van der Waals surface area contributed by atoms with Gasteiger partial charge in [-0.1, -0.05) is 54.0 Å². The molecule has 0 heterocycles. The lowest BCUT2D eigenvalue weighted by Crippen LogP contribution is -2.18. The van der Waals surface area contributed by atoms with E-state index in [4.69, 9.17) is 0 Å². The molecule has 0 fully saturated rings. The van der Waals surface area contributed by atoms with E-state index in [-0.39, 0.29) is 0 Å². The Hall–Kier alpha value is -0.380. The van der Waals surface area contributed by atoms with Crippen LogP contribution < -0.4 is 0 Å². The van der Waals surface area contributed by atoms with Crippen molar-refractivity contribution in [3.05, 3.63) is 35.4 Å². The molecule has 0 amide bonds. The molecule has 0 aliphatic rings. The second-order valence-corrected chi connectivity index (χ2v) is 5.62. The van der Waals surface area contributed by atoms with E-state index in [1.54, 1.807) is 0 Å². The van der Waals surface area contributed by atoms with Gasteiger partial charge in [-0.05, 0) is 29.9 Å². The van der Waals surface area contributed by atoms with Crippen LogP contribution in [-0.2, 0) is 6.42 Å². The normalized spacial score (nSPS) is 14.9. The number of benzene rings is 1. The predicted octanol–water partition coefficient (Wildman–Crippen LogP) is 3.06. The van der Waals surface area contributed by atoms with E-state index in [0.29, 0.717) is 17.7 Å². The van der Waals surface area contributed by atoms with Crippen molar-refractivity contribution in [1.29, 1.82) is 0 Å². The van der Waals surface area contributed by atoms with Gasteiger partial charge < -0.3 is 10.2 Å². The maximum absolute atomic E-state index is 9.92. The number of alkyl halides is 1. The summed E-state index contributed by atoms with van der Waals surface area (Å²) in [4.78, 5) is 0. The third-order valence-corrected chi connectivity index (χ3v) is 3.19. The number of hydrogen-bond acceptors (Lipinski definition) is 2. The maximum Gasteiger partial charge on any atom is 0.105 e. The summed E-state index contributed by atoms with van der Waals surface area (Å²) in [5.74, 6) is 0.629. The molecule has 0 aliphatic carbocycles. The largest absolute Gasteiger partial charge is 0.390 e. The van der Waals surface area contributed by atoms with Gasteiger partial charge in [0, 0.05) is 5.33 Å². The van der Waals surface area contributed by atoms with Gasteiger partial charge in [-0.2, -0.15) is 0 Å². The van der Waals surface area contributed by atoms with E-state index in [9.17, 15) is 10.2 Å². The molecule has 17 heavy (non-hydrogen) atoms. The fourth-order valence-electron chi connectivity index (χ4n) is 1.81. The third kappa shape index (κ3) is 4.78. The van der Waals surface area contributed by atoms with E-state index in [1.165, 1.54) is 5.56 Å². The molecule has 2 atom stereocenters. The fraction of sp³-hybridized carbons (Fsp3) is 0.571. The smallest absolute Gasteiger partial charge is 0.105 e. The highest BCUT2D eigenvalue weighted by Crippen LogP contribution is 2.20. The first-order valence-electron chi connectivity index (χ1n) is 6.05. The maximum atomic E-state index is 9.92. The van der Waals surface area contributed by atoms with E-state index >= 15 is 0 Å². The minimum absolute atomic E-state index is 0.551. The van der Waals surface area contributed by atoms with Gasteiger partial charge in [-0.25, -0.2) is 0 Å². The fourth-order valence-corrected chi connectivity index (χ4v) is 2.28. The van der Waals surface area contributed by atoms with Gasteiger partial charge in [0.1, 0.15) is 6.10 Å². The van der Waals surface area contributed by atoms with Gasteiger partial charge in [0.2, 0.25) is 0 Å². The monoisotopic (exact) mass is 300 g/mol. The van der Waals surface area contributed by atoms with Crippen molar-refractivity contribution in [2.75, 3.05) is 5.33 Å². The molecule has 0 saturated heterocycles. The molecule has 0 radical (unpaired) electrons. The molecule has 0 spiro atoms. The van der Waals surface area contributed by atoms with Gasteiger partial charge in [0.15, 0.2) is 0 Å². The molecule has 2 unspecified atom stereocenters. The Balaban J connectivity index is 2.66. The Morgan fingerprint density at radius 1 is 1.12 bits per heavy atom. The van der Waals surface area contributed by atoms with Gasteiger partial charge in [0.05, 0.1) is 6.10 Å². The summed E-state index contributed by atoms with van der Waals surface area (Å²) in [6, 6.07) is 7.86. The van der Waals surface area contributed by atoms with E-state index < -0.39 is 12.2 Å². The number of hydrogen-bond donors (Lipinski definition) is 2. The van der Waals surface area contributed by atoms with Crippen molar-refractivity contribution < 1.29 is 10.2 Å². The standard InChI is InChI=1S/C14H21BrO2/c1-10(2)9-11-3-5-12(6-4-11)14(17)13(16)7-8-15/h3-6,10,13-14,16-17H,7-9H2,1-2H3. The lowest BCUT2D eigenvalue weighted by molar-refractivity contribution is 0.0173. The molecule has 96 valence electrons. The Kier molecular flexibility index (Phi) is 6.17. The second kappa shape index (κ2) is 7.14. The molecule has 2 N–H and O–H groups in total. The van der Waals surface area contributed by atoms with Crippen molar-refractivity contribution in [3.63, 3.8) is 0 Å². The molecule has 2 nitrogen and oxygen atoms in total. The van der Waals surface area contributed by atoms with Crippen molar-refractivity contribution >= 4 is 15.9 Å². The van der Waals surface area contributed by atoms with Crippen LogP contribution in [-0.4, -0.2) is 21.6 Å². The average Bonchev–Trinajstić information content (AvgIpc) is 2.28. The zero-order valence-electron chi connectivity index (χ0n) is 10.4. The molecule has 1 aromatic carbocycles. The summed E-state index contributed by atoms with van der Waals surface area (Å²) in [5.41, 5.74) is 2.05. The summed E-state index contributed by atoms with van der Waals surface area (Å²) >= 11 is 3.26. The van der Waals surface area contributed by atoms with Gasteiger partial charge in [-0.3, -0.25) is 0 Å². The van der Waals surface area contributed by atoms with Crippen LogP contribution in [0.25, 0.3) is 0 Å². The molecule has 0 saturated carbocycles. The predicted molar refractivity (Wildman–Crippen MR) is 74.4 cm³/mol. The number of rotatable bonds is 6. The van der Waals surface area contributed by atoms with Crippen LogP contribution in [0.5, 0.6) is 0 Å². The number of aliphatic hydroxyl groups excluding tert-OH is 2. The first-order chi connectivity index (χ1) is 8.04. The lowest BCUT2D eigenvalue weighted by Gasteiger charge is -2.17. The summed E-state index contributed by atoms with van der Waals surface area (Å²) in [7, 11) is 0. The molecule has 0 aliphatic heterocycles. The van der Waals surface area contributed by atoms with Crippen LogP contribution in [0.2, 0.25) is 0 Å². The number of halogens is 1. The average molecular weight is 301 g/mol. The zero-order chi connectivity index (χ0) is 12.8. The molecular weight excluding hydrogens is 280 g/mol. The first kappa shape index (κ1) is 14.7. The van der Waals surface area contributed by atoms with Crippen molar-refractivity contribution in [1.82, 2.24) is 0 Å². The van der Waals surface area contributed by atoms with Gasteiger partial charge >= 0.3 is 0 Å².